The van der Waals surface area contributed by atoms with Gasteiger partial charge in [-0.1, -0.05) is 39.3 Å². The van der Waals surface area contributed by atoms with Crippen LogP contribution in [0.1, 0.15) is 49.5 Å². The molecule has 1 aromatic carbocycles. The average Bonchev–Trinajstić information content (AvgIpc) is 2.55. The smallest absolute Gasteiger partial charge is 0.251 e. The van der Waals surface area contributed by atoms with Crippen LogP contribution in [0.25, 0.3) is 0 Å². The number of aliphatic imine (C=N–C) groups is 1. The van der Waals surface area contributed by atoms with Crippen LogP contribution in [0.3, 0.4) is 0 Å². The highest BCUT2D eigenvalue weighted by Gasteiger charge is 2.05. The van der Waals surface area contributed by atoms with Crippen molar-refractivity contribution in [3.63, 3.8) is 0 Å². The summed E-state index contributed by atoms with van der Waals surface area (Å²) in [7, 11) is 1.76. The third-order valence-corrected chi connectivity index (χ3v) is 3.39. The number of amides is 1. The lowest BCUT2D eigenvalue weighted by molar-refractivity contribution is 0.0953. The number of nitrogens with one attached hydrogen (secondary N) is 3. The molecule has 0 aliphatic carbocycles. The van der Waals surface area contributed by atoms with Gasteiger partial charge >= 0.3 is 0 Å². The molecule has 0 heterocycles. The molecule has 0 radical (unpaired) electrons. The van der Waals surface area contributed by atoms with Crippen molar-refractivity contribution in [1.29, 1.82) is 0 Å². The van der Waals surface area contributed by atoms with E-state index in [0.29, 0.717) is 18.0 Å². The predicted molar refractivity (Wildman–Crippen MR) is 96.7 cm³/mol. The molecule has 0 saturated heterocycles. The third-order valence-electron chi connectivity index (χ3n) is 3.39. The zero-order chi connectivity index (χ0) is 17.1. The molecule has 3 N–H and O–H groups in total. The average molecular weight is 318 g/mol. The molecule has 0 atom stereocenters. The van der Waals surface area contributed by atoms with Crippen molar-refractivity contribution in [2.24, 2.45) is 10.9 Å². The molecule has 1 amide bonds. The minimum atomic E-state index is -0.00707. The number of carbonyl (C=O) groups excluding carboxylic acids is 1. The minimum absolute atomic E-state index is 0.00707. The standard InChI is InChI=1S/C18H30N4O/c1-5-6-11-20-17(23)16-9-7-15(8-10-16)13-22-18(19-4)21-12-14(2)3/h7-10,14H,5-6,11-13H2,1-4H3,(H,20,23)(H2,19,21,22). The van der Waals surface area contributed by atoms with Crippen LogP contribution in [0.4, 0.5) is 0 Å². The van der Waals surface area contributed by atoms with E-state index in [9.17, 15) is 4.79 Å². The number of benzene rings is 1. The minimum Gasteiger partial charge on any atom is -0.356 e. The Morgan fingerprint density at radius 1 is 1.13 bits per heavy atom. The molecule has 128 valence electrons. The summed E-state index contributed by atoms with van der Waals surface area (Å²) in [5.41, 5.74) is 1.81. The Kier molecular flexibility index (Phi) is 8.80. The molecular formula is C18H30N4O. The van der Waals surface area contributed by atoms with Gasteiger partial charge in [-0.15, -0.1) is 0 Å². The highest BCUT2D eigenvalue weighted by Crippen LogP contribution is 2.04. The lowest BCUT2D eigenvalue weighted by Crippen LogP contribution is -2.38. The van der Waals surface area contributed by atoms with Crippen molar-refractivity contribution in [2.45, 2.75) is 40.2 Å². The van der Waals surface area contributed by atoms with Crippen LogP contribution in [-0.2, 0) is 6.54 Å². The van der Waals surface area contributed by atoms with Crippen molar-refractivity contribution < 1.29 is 4.79 Å². The molecule has 0 unspecified atom stereocenters. The Morgan fingerprint density at radius 2 is 1.83 bits per heavy atom. The molecule has 0 aliphatic rings. The highest BCUT2D eigenvalue weighted by molar-refractivity contribution is 5.94. The van der Waals surface area contributed by atoms with Gasteiger partial charge < -0.3 is 16.0 Å². The second kappa shape index (κ2) is 10.6. The third kappa shape index (κ3) is 7.68. The normalized spacial score (nSPS) is 11.4. The van der Waals surface area contributed by atoms with Gasteiger partial charge in [0, 0.05) is 32.2 Å². The van der Waals surface area contributed by atoms with Crippen LogP contribution in [0, 0.1) is 5.92 Å². The van der Waals surface area contributed by atoms with E-state index in [-0.39, 0.29) is 5.91 Å². The summed E-state index contributed by atoms with van der Waals surface area (Å²) in [4.78, 5) is 16.1. The fourth-order valence-electron chi connectivity index (χ4n) is 1.96. The molecule has 5 heteroatoms. The van der Waals surface area contributed by atoms with Gasteiger partial charge in [-0.25, -0.2) is 0 Å². The number of rotatable bonds is 8. The van der Waals surface area contributed by atoms with E-state index in [0.717, 1.165) is 37.5 Å². The van der Waals surface area contributed by atoms with E-state index in [4.69, 9.17) is 0 Å². The predicted octanol–water partition coefficient (Wildman–Crippen LogP) is 2.54. The molecule has 0 bridgehead atoms. The molecule has 1 aromatic rings. The summed E-state index contributed by atoms with van der Waals surface area (Å²) in [5.74, 6) is 1.35. The van der Waals surface area contributed by atoms with E-state index in [1.54, 1.807) is 7.05 Å². The first-order valence-electron chi connectivity index (χ1n) is 8.38. The molecule has 5 nitrogen and oxygen atoms in total. The fraction of sp³-hybridized carbons (Fsp3) is 0.556. The summed E-state index contributed by atoms with van der Waals surface area (Å²) in [6.45, 7) is 8.72. The fourth-order valence-corrected chi connectivity index (χ4v) is 1.96. The molecule has 0 fully saturated rings. The topological polar surface area (TPSA) is 65.5 Å². The number of hydrogen-bond acceptors (Lipinski definition) is 2. The summed E-state index contributed by atoms with van der Waals surface area (Å²) in [5, 5.41) is 9.46. The van der Waals surface area contributed by atoms with Gasteiger partial charge in [-0.05, 0) is 30.0 Å². The van der Waals surface area contributed by atoms with Crippen molar-refractivity contribution in [2.75, 3.05) is 20.1 Å². The van der Waals surface area contributed by atoms with Gasteiger partial charge in [0.15, 0.2) is 5.96 Å². The second-order valence-corrected chi connectivity index (χ2v) is 6.01. The van der Waals surface area contributed by atoms with Crippen molar-refractivity contribution in [3.05, 3.63) is 35.4 Å². The van der Waals surface area contributed by atoms with Crippen molar-refractivity contribution in [1.82, 2.24) is 16.0 Å². The SMILES string of the molecule is CCCCNC(=O)c1ccc(CNC(=NC)NCC(C)C)cc1. The largest absolute Gasteiger partial charge is 0.356 e. The zero-order valence-electron chi connectivity index (χ0n) is 14.8. The second-order valence-electron chi connectivity index (χ2n) is 6.01. The van der Waals surface area contributed by atoms with Gasteiger partial charge in [-0.2, -0.15) is 0 Å². The lowest BCUT2D eigenvalue weighted by Gasteiger charge is -2.13. The van der Waals surface area contributed by atoms with Gasteiger partial charge in [0.25, 0.3) is 5.91 Å². The maximum atomic E-state index is 11.9. The van der Waals surface area contributed by atoms with Crippen molar-refractivity contribution >= 4 is 11.9 Å². The zero-order valence-corrected chi connectivity index (χ0v) is 14.8. The lowest BCUT2D eigenvalue weighted by atomic mass is 10.1. The van der Waals surface area contributed by atoms with Crippen LogP contribution < -0.4 is 16.0 Å². The van der Waals surface area contributed by atoms with Crippen LogP contribution in [0.2, 0.25) is 0 Å². The number of nitrogens with zero attached hydrogens (tertiary/aromatic N) is 1. The summed E-state index contributed by atoms with van der Waals surface area (Å²) >= 11 is 0. The Balaban J connectivity index is 2.45. The molecule has 1 rings (SSSR count). The van der Waals surface area contributed by atoms with Crippen LogP contribution in [0.5, 0.6) is 0 Å². The van der Waals surface area contributed by atoms with Crippen LogP contribution in [-0.4, -0.2) is 32.0 Å². The van der Waals surface area contributed by atoms with Crippen LogP contribution in [0.15, 0.2) is 29.3 Å². The maximum Gasteiger partial charge on any atom is 0.251 e. The van der Waals surface area contributed by atoms with E-state index in [1.807, 2.05) is 24.3 Å². The summed E-state index contributed by atoms with van der Waals surface area (Å²) in [6.07, 6.45) is 2.09. The van der Waals surface area contributed by atoms with Gasteiger partial charge in [0.1, 0.15) is 0 Å². The van der Waals surface area contributed by atoms with Crippen molar-refractivity contribution in [3.8, 4) is 0 Å². The summed E-state index contributed by atoms with van der Waals surface area (Å²) in [6, 6.07) is 7.67. The Morgan fingerprint density at radius 3 is 2.39 bits per heavy atom. The first-order valence-corrected chi connectivity index (χ1v) is 8.38. The summed E-state index contributed by atoms with van der Waals surface area (Å²) < 4.78 is 0. The highest BCUT2D eigenvalue weighted by atomic mass is 16.1. The van der Waals surface area contributed by atoms with E-state index in [2.05, 4.69) is 41.7 Å². The first-order chi connectivity index (χ1) is 11.1. The first kappa shape index (κ1) is 19.0. The molecule has 0 aromatic heterocycles. The van der Waals surface area contributed by atoms with E-state index < -0.39 is 0 Å². The Hall–Kier alpha value is -2.04. The number of guanidine groups is 1. The maximum absolute atomic E-state index is 11.9. The van der Waals surface area contributed by atoms with E-state index in [1.165, 1.54) is 0 Å². The molecule has 0 saturated carbocycles. The quantitative estimate of drug-likeness (QED) is 0.392. The number of hydrogen-bond donors (Lipinski definition) is 3. The molecule has 0 aliphatic heterocycles. The van der Waals surface area contributed by atoms with Gasteiger partial charge in [0.2, 0.25) is 0 Å². The molecule has 0 spiro atoms. The van der Waals surface area contributed by atoms with Gasteiger partial charge in [0.05, 0.1) is 0 Å². The van der Waals surface area contributed by atoms with Gasteiger partial charge in [-0.3, -0.25) is 9.79 Å². The van der Waals surface area contributed by atoms with E-state index >= 15 is 0 Å². The number of unbranched alkanes of at least 4 members (excludes halogenated alkanes) is 1. The Bertz CT molecular complexity index is 494. The monoisotopic (exact) mass is 318 g/mol. The number of carbonyl (C=O) groups is 1. The van der Waals surface area contributed by atoms with Crippen LogP contribution >= 0.6 is 0 Å². The molecule has 23 heavy (non-hydrogen) atoms. The molecular weight excluding hydrogens is 288 g/mol. The Labute approximate surface area is 140 Å².